The van der Waals surface area contributed by atoms with Crippen molar-refractivity contribution in [2.45, 2.75) is 12.6 Å². The van der Waals surface area contributed by atoms with Crippen molar-refractivity contribution in [3.63, 3.8) is 0 Å². The van der Waals surface area contributed by atoms with Crippen molar-refractivity contribution >= 4 is 33.8 Å². The van der Waals surface area contributed by atoms with Gasteiger partial charge in [0.1, 0.15) is 15.8 Å². The van der Waals surface area contributed by atoms with E-state index in [-0.39, 0.29) is 24.1 Å². The largest absolute Gasteiger partial charge is 0.402 e. The summed E-state index contributed by atoms with van der Waals surface area (Å²) in [6.07, 6.45) is 0.427. The minimum atomic E-state index is -0.936. The molecule has 12 heteroatoms. The summed E-state index contributed by atoms with van der Waals surface area (Å²) in [6.45, 7) is 2.48. The van der Waals surface area contributed by atoms with Crippen molar-refractivity contribution in [2.75, 3.05) is 36.5 Å². The molecule has 1 saturated heterocycles. The van der Waals surface area contributed by atoms with Crippen LogP contribution in [-0.4, -0.2) is 64.1 Å². The zero-order chi connectivity index (χ0) is 28.5. The Hall–Kier alpha value is -4.81. The maximum absolute atomic E-state index is 13.5. The predicted octanol–water partition coefficient (Wildman–Crippen LogP) is 4.63. The van der Waals surface area contributed by atoms with Gasteiger partial charge in [0.25, 0.3) is 5.89 Å². The Morgan fingerprint density at radius 1 is 0.976 bits per heavy atom. The number of Topliss-reactive ketones (excluding diaryl/α,β-unsaturated/α-hetero) is 1. The Morgan fingerprint density at radius 2 is 1.79 bits per heavy atom. The number of anilines is 2. The summed E-state index contributed by atoms with van der Waals surface area (Å²) in [5.41, 5.74) is 4.44. The standard InChI is InChI=1S/C30H24FN7O3S/c31-20-10-11-22(32-17-20)28-34-25(29(42-28)38-12-14-40-15-13-38)27-36-37-30(41-27)35-26-23(39)16-19-8-4-5-9-21(19)24(33-26)18-6-2-1-3-7-18/h1-11,17,26H,12-16H2,(H,35,37)/t26-/m1/s1. The van der Waals surface area contributed by atoms with E-state index in [1.807, 2.05) is 54.6 Å². The molecule has 2 aromatic carbocycles. The van der Waals surface area contributed by atoms with Crippen LogP contribution in [0, 0.1) is 5.82 Å². The zero-order valence-corrected chi connectivity index (χ0v) is 23.1. The summed E-state index contributed by atoms with van der Waals surface area (Å²) in [5, 5.41) is 12.9. The molecule has 0 spiro atoms. The third-order valence-corrected chi connectivity index (χ3v) is 8.13. The first-order valence-electron chi connectivity index (χ1n) is 13.4. The van der Waals surface area contributed by atoms with Gasteiger partial charge in [0, 0.05) is 30.6 Å². The Balaban J connectivity index is 1.22. The zero-order valence-electron chi connectivity index (χ0n) is 22.2. The van der Waals surface area contributed by atoms with Gasteiger partial charge in [-0.3, -0.25) is 14.8 Å². The fourth-order valence-electron chi connectivity index (χ4n) is 4.94. The molecule has 3 aromatic heterocycles. The number of thiazole rings is 1. The van der Waals surface area contributed by atoms with E-state index >= 15 is 0 Å². The van der Waals surface area contributed by atoms with Crippen LogP contribution in [0.2, 0.25) is 0 Å². The SMILES string of the molecule is O=C1Cc2ccccc2C(c2ccccc2)=N[C@@H]1Nc1nnc(-c2nc(-c3ccc(F)cn3)sc2N2CCOCC2)o1. The van der Waals surface area contributed by atoms with Crippen molar-refractivity contribution < 1.29 is 18.3 Å². The van der Waals surface area contributed by atoms with Crippen molar-refractivity contribution in [2.24, 2.45) is 4.99 Å². The molecule has 7 rings (SSSR count). The lowest BCUT2D eigenvalue weighted by molar-refractivity contribution is -0.119. The van der Waals surface area contributed by atoms with Crippen LogP contribution in [0.25, 0.3) is 22.3 Å². The molecule has 0 unspecified atom stereocenters. The third-order valence-electron chi connectivity index (χ3n) is 6.99. The number of ketones is 1. The monoisotopic (exact) mass is 581 g/mol. The van der Waals surface area contributed by atoms with Gasteiger partial charge in [-0.1, -0.05) is 71.0 Å². The number of nitrogens with zero attached hydrogens (tertiary/aromatic N) is 6. The van der Waals surface area contributed by atoms with Crippen LogP contribution >= 0.6 is 11.3 Å². The number of hydrogen-bond acceptors (Lipinski definition) is 11. The molecule has 2 aliphatic rings. The van der Waals surface area contributed by atoms with Crippen molar-refractivity contribution in [3.05, 3.63) is 95.4 Å². The minimum absolute atomic E-state index is 0.0489. The Labute approximate surface area is 243 Å². The highest BCUT2D eigenvalue weighted by Gasteiger charge is 2.29. The first-order chi connectivity index (χ1) is 20.6. The van der Waals surface area contributed by atoms with E-state index in [2.05, 4.69) is 25.4 Å². The van der Waals surface area contributed by atoms with Gasteiger partial charge in [0.15, 0.2) is 17.6 Å². The van der Waals surface area contributed by atoms with Gasteiger partial charge >= 0.3 is 6.01 Å². The number of carbonyl (C=O) groups is 1. The van der Waals surface area contributed by atoms with Gasteiger partial charge in [0.05, 0.1) is 30.8 Å². The number of benzene rings is 2. The summed E-state index contributed by atoms with van der Waals surface area (Å²) in [5.74, 6) is -0.369. The number of carbonyl (C=O) groups excluding carboxylic acids is 1. The molecule has 0 radical (unpaired) electrons. The van der Waals surface area contributed by atoms with E-state index in [0.717, 1.165) is 27.9 Å². The molecule has 1 atom stereocenters. The topological polar surface area (TPSA) is 119 Å². The number of nitrogens with one attached hydrogen (secondary N) is 1. The quantitative estimate of drug-likeness (QED) is 0.306. The second-order valence-electron chi connectivity index (χ2n) is 9.74. The first-order valence-corrected chi connectivity index (χ1v) is 14.2. The number of pyridine rings is 1. The van der Waals surface area contributed by atoms with Gasteiger partial charge in [-0.2, -0.15) is 0 Å². The molecule has 10 nitrogen and oxygen atoms in total. The van der Waals surface area contributed by atoms with Gasteiger partial charge in [-0.05, 0) is 17.7 Å². The fourth-order valence-corrected chi connectivity index (χ4v) is 6.02. The van der Waals surface area contributed by atoms with Crippen molar-refractivity contribution in [3.8, 4) is 22.3 Å². The average Bonchev–Trinajstić information content (AvgIpc) is 3.65. The molecule has 2 aliphatic heterocycles. The minimum Gasteiger partial charge on any atom is -0.402 e. The summed E-state index contributed by atoms with van der Waals surface area (Å²) in [4.78, 5) is 29.3. The maximum Gasteiger partial charge on any atom is 0.317 e. The van der Waals surface area contributed by atoms with E-state index in [4.69, 9.17) is 19.1 Å². The second kappa shape index (κ2) is 11.2. The number of rotatable bonds is 6. The smallest absolute Gasteiger partial charge is 0.317 e. The van der Waals surface area contributed by atoms with Crippen molar-refractivity contribution in [1.29, 1.82) is 0 Å². The lowest BCUT2D eigenvalue weighted by Gasteiger charge is -2.27. The molecule has 0 amide bonds. The second-order valence-corrected chi connectivity index (χ2v) is 10.7. The summed E-state index contributed by atoms with van der Waals surface area (Å²) < 4.78 is 25.1. The van der Waals surface area contributed by atoms with Crippen molar-refractivity contribution in [1.82, 2.24) is 20.2 Å². The molecule has 5 heterocycles. The molecule has 1 N–H and O–H groups in total. The molecule has 5 aromatic rings. The third kappa shape index (κ3) is 5.17. The average molecular weight is 582 g/mol. The van der Waals surface area contributed by atoms with Crippen LogP contribution in [0.3, 0.4) is 0 Å². The molecule has 0 aliphatic carbocycles. The molecule has 210 valence electrons. The molecule has 1 fully saturated rings. The normalized spacial score (nSPS) is 17.0. The highest BCUT2D eigenvalue weighted by Crippen LogP contribution is 2.40. The molecular weight excluding hydrogens is 557 g/mol. The summed E-state index contributed by atoms with van der Waals surface area (Å²) in [7, 11) is 0. The van der Waals surface area contributed by atoms with Crippen LogP contribution in [0.4, 0.5) is 15.4 Å². The summed E-state index contributed by atoms with van der Waals surface area (Å²) in [6, 6.07) is 20.5. The predicted molar refractivity (Wildman–Crippen MR) is 156 cm³/mol. The lowest BCUT2D eigenvalue weighted by atomic mass is 9.96. The molecule has 42 heavy (non-hydrogen) atoms. The van der Waals surface area contributed by atoms with Crippen LogP contribution in [0.5, 0.6) is 0 Å². The number of ether oxygens (including phenoxy) is 1. The maximum atomic E-state index is 13.5. The number of morpholine rings is 1. The number of halogens is 1. The van der Waals surface area contributed by atoms with Gasteiger partial charge in [0.2, 0.25) is 0 Å². The Morgan fingerprint density at radius 3 is 2.60 bits per heavy atom. The van der Waals surface area contributed by atoms with Crippen LogP contribution in [-0.2, 0) is 16.0 Å². The number of aliphatic imine (C=N–C) groups is 1. The van der Waals surface area contributed by atoms with Gasteiger partial charge < -0.3 is 19.4 Å². The van der Waals surface area contributed by atoms with E-state index < -0.39 is 12.0 Å². The molecular formula is C30H24FN7O3S. The van der Waals surface area contributed by atoms with Crippen LogP contribution in [0.1, 0.15) is 16.7 Å². The highest BCUT2D eigenvalue weighted by atomic mass is 32.1. The van der Waals surface area contributed by atoms with Crippen LogP contribution < -0.4 is 10.2 Å². The van der Waals surface area contributed by atoms with E-state index in [9.17, 15) is 9.18 Å². The molecule has 0 saturated carbocycles. The first kappa shape index (κ1) is 26.1. The Kier molecular flexibility index (Phi) is 6.98. The number of fused-ring (bicyclic) bond motifs is 1. The summed E-state index contributed by atoms with van der Waals surface area (Å²) >= 11 is 1.41. The van der Waals surface area contributed by atoms with E-state index in [0.29, 0.717) is 48.4 Å². The number of hydrogen-bond donors (Lipinski definition) is 1. The van der Waals surface area contributed by atoms with Gasteiger partial charge in [-0.15, -0.1) is 5.10 Å². The molecule has 0 bridgehead atoms. The highest BCUT2D eigenvalue weighted by molar-refractivity contribution is 7.19. The lowest BCUT2D eigenvalue weighted by Crippen LogP contribution is -2.35. The fraction of sp³-hybridized carbons (Fsp3) is 0.200. The van der Waals surface area contributed by atoms with E-state index in [1.54, 1.807) is 6.07 Å². The van der Waals surface area contributed by atoms with Gasteiger partial charge in [-0.25, -0.2) is 9.37 Å². The Bertz CT molecular complexity index is 1770. The number of aromatic nitrogens is 4. The van der Waals surface area contributed by atoms with E-state index in [1.165, 1.54) is 17.4 Å². The van der Waals surface area contributed by atoms with Crippen LogP contribution in [0.15, 0.2) is 82.3 Å².